The Morgan fingerprint density at radius 3 is 2.54 bits per heavy atom. The molecule has 0 saturated carbocycles. The van der Waals surface area contributed by atoms with Gasteiger partial charge in [0.05, 0.1) is 5.03 Å². The third-order valence-corrected chi connectivity index (χ3v) is 4.87. The van der Waals surface area contributed by atoms with Crippen LogP contribution in [0, 0.1) is 23.0 Å². The van der Waals surface area contributed by atoms with Crippen LogP contribution in [0.25, 0.3) is 10.8 Å². The van der Waals surface area contributed by atoms with Gasteiger partial charge in [-0.1, -0.05) is 17.7 Å². The van der Waals surface area contributed by atoms with Crippen molar-refractivity contribution in [2.24, 2.45) is 0 Å². The number of aromatic amines is 1. The van der Waals surface area contributed by atoms with Gasteiger partial charge in [-0.3, -0.25) is 4.79 Å². The van der Waals surface area contributed by atoms with Crippen molar-refractivity contribution in [2.45, 2.75) is 10.8 Å². The number of hydrogen-bond acceptors (Lipinski definition) is 3. The Balaban J connectivity index is 2.05. The zero-order valence-electron chi connectivity index (χ0n) is 12.1. The van der Waals surface area contributed by atoms with E-state index in [-0.39, 0.29) is 10.6 Å². The lowest BCUT2D eigenvalue weighted by atomic mass is 10.1. The fourth-order valence-electron chi connectivity index (χ4n) is 2.29. The highest BCUT2D eigenvalue weighted by molar-refractivity contribution is 7.98. The number of rotatable bonds is 3. The van der Waals surface area contributed by atoms with Crippen molar-refractivity contribution in [1.82, 2.24) is 4.98 Å². The molecule has 0 unspecified atom stereocenters. The maximum atomic E-state index is 13.6. The molecule has 0 saturated heterocycles. The summed E-state index contributed by atoms with van der Waals surface area (Å²) in [4.78, 5) is 14.6. The van der Waals surface area contributed by atoms with Crippen LogP contribution in [0.15, 0.2) is 46.2 Å². The van der Waals surface area contributed by atoms with Crippen molar-refractivity contribution in [1.29, 1.82) is 5.26 Å². The lowest BCUT2D eigenvalue weighted by Gasteiger charge is -2.09. The van der Waals surface area contributed by atoms with Gasteiger partial charge < -0.3 is 4.98 Å². The number of nitrogens with zero attached hydrogens (tertiary/aromatic N) is 1. The van der Waals surface area contributed by atoms with E-state index in [0.717, 1.165) is 0 Å². The second kappa shape index (κ2) is 6.63. The highest BCUT2D eigenvalue weighted by Gasteiger charge is 2.13. The Labute approximate surface area is 144 Å². The Morgan fingerprint density at radius 1 is 1.12 bits per heavy atom. The standard InChI is InChI=1S/C17H9ClF2N2OS/c18-15-6-11(20)2-1-9(15)8-24-17-13-5-10(19)3-4-12(13)14(7-21)16(23)22-17/h1-6H,8H2,(H,22,23). The van der Waals surface area contributed by atoms with Crippen LogP contribution in [0.5, 0.6) is 0 Å². The molecule has 0 bridgehead atoms. The van der Waals surface area contributed by atoms with E-state index in [1.807, 2.05) is 6.07 Å². The van der Waals surface area contributed by atoms with Crippen LogP contribution in [0.2, 0.25) is 5.02 Å². The largest absolute Gasteiger partial charge is 0.315 e. The number of nitriles is 1. The molecule has 1 heterocycles. The van der Waals surface area contributed by atoms with Gasteiger partial charge in [0.25, 0.3) is 5.56 Å². The molecule has 2 aromatic carbocycles. The van der Waals surface area contributed by atoms with E-state index >= 15 is 0 Å². The number of nitrogens with one attached hydrogen (secondary N) is 1. The second-order valence-electron chi connectivity index (χ2n) is 4.98. The van der Waals surface area contributed by atoms with Gasteiger partial charge >= 0.3 is 0 Å². The first-order valence-corrected chi connectivity index (χ1v) is 8.18. The molecule has 0 spiro atoms. The summed E-state index contributed by atoms with van der Waals surface area (Å²) in [6.45, 7) is 0. The SMILES string of the molecule is N#Cc1c(=O)[nH]c(SCc2ccc(F)cc2Cl)c2cc(F)ccc12. The molecule has 3 rings (SSSR count). The van der Waals surface area contributed by atoms with Gasteiger partial charge in [0.1, 0.15) is 23.3 Å². The van der Waals surface area contributed by atoms with Crippen molar-refractivity contribution in [3.05, 3.63) is 74.5 Å². The maximum absolute atomic E-state index is 13.6. The third kappa shape index (κ3) is 3.14. The highest BCUT2D eigenvalue weighted by atomic mass is 35.5. The molecule has 1 N–H and O–H groups in total. The molecule has 3 aromatic rings. The minimum absolute atomic E-state index is 0.0610. The van der Waals surface area contributed by atoms with Crippen molar-refractivity contribution in [3.63, 3.8) is 0 Å². The molecule has 120 valence electrons. The quantitative estimate of drug-likeness (QED) is 0.691. The number of benzene rings is 2. The van der Waals surface area contributed by atoms with Crippen molar-refractivity contribution in [3.8, 4) is 6.07 Å². The zero-order valence-corrected chi connectivity index (χ0v) is 13.6. The molecule has 0 radical (unpaired) electrons. The average molecular weight is 363 g/mol. The van der Waals surface area contributed by atoms with Gasteiger partial charge in [-0.15, -0.1) is 11.8 Å². The molecule has 0 fully saturated rings. The van der Waals surface area contributed by atoms with E-state index in [9.17, 15) is 13.6 Å². The van der Waals surface area contributed by atoms with E-state index < -0.39 is 17.2 Å². The Kier molecular flexibility index (Phi) is 4.56. The zero-order chi connectivity index (χ0) is 17.3. The molecule has 0 aliphatic heterocycles. The van der Waals surface area contributed by atoms with E-state index in [0.29, 0.717) is 27.1 Å². The molecule has 0 aliphatic rings. The molecule has 24 heavy (non-hydrogen) atoms. The molecule has 0 amide bonds. The summed E-state index contributed by atoms with van der Waals surface area (Å²) in [5.41, 5.74) is 0.0799. The molecule has 3 nitrogen and oxygen atoms in total. The second-order valence-corrected chi connectivity index (χ2v) is 6.38. The predicted octanol–water partition coefficient (Wildman–Crippen LogP) is 4.62. The number of thioether (sulfide) groups is 1. The molecular weight excluding hydrogens is 354 g/mol. The Morgan fingerprint density at radius 2 is 1.83 bits per heavy atom. The molecule has 0 aliphatic carbocycles. The number of H-pyrrole nitrogens is 1. The number of halogens is 3. The van der Waals surface area contributed by atoms with Gasteiger partial charge in [-0.05, 0) is 35.9 Å². The first-order chi connectivity index (χ1) is 11.5. The molecule has 0 atom stereocenters. The lowest BCUT2D eigenvalue weighted by Crippen LogP contribution is -2.11. The van der Waals surface area contributed by atoms with Gasteiger partial charge in [0.15, 0.2) is 0 Å². The van der Waals surface area contributed by atoms with E-state index in [4.69, 9.17) is 16.9 Å². The number of aromatic nitrogens is 1. The predicted molar refractivity (Wildman–Crippen MR) is 90.2 cm³/mol. The van der Waals surface area contributed by atoms with E-state index in [1.165, 1.54) is 42.1 Å². The van der Waals surface area contributed by atoms with Crippen molar-refractivity contribution >= 4 is 34.1 Å². The monoisotopic (exact) mass is 362 g/mol. The van der Waals surface area contributed by atoms with Crippen molar-refractivity contribution in [2.75, 3.05) is 0 Å². The topological polar surface area (TPSA) is 56.6 Å². The van der Waals surface area contributed by atoms with E-state index in [2.05, 4.69) is 4.98 Å². The average Bonchev–Trinajstić information content (AvgIpc) is 2.54. The Hall–Kier alpha value is -2.36. The van der Waals surface area contributed by atoms with Crippen molar-refractivity contribution < 1.29 is 8.78 Å². The van der Waals surface area contributed by atoms with Crippen LogP contribution in [0.4, 0.5) is 8.78 Å². The first kappa shape index (κ1) is 16.5. The minimum Gasteiger partial charge on any atom is -0.315 e. The number of pyridine rings is 1. The van der Waals surface area contributed by atoms with Gasteiger partial charge in [-0.2, -0.15) is 5.26 Å². The van der Waals surface area contributed by atoms with E-state index in [1.54, 1.807) is 6.07 Å². The molecular formula is C17H9ClF2N2OS. The first-order valence-electron chi connectivity index (χ1n) is 6.82. The van der Waals surface area contributed by atoms with Crippen LogP contribution in [-0.4, -0.2) is 4.98 Å². The summed E-state index contributed by atoms with van der Waals surface area (Å²) >= 11 is 7.22. The van der Waals surface area contributed by atoms with Crippen LogP contribution in [-0.2, 0) is 5.75 Å². The van der Waals surface area contributed by atoms with Gasteiger partial charge in [-0.25, -0.2) is 8.78 Å². The van der Waals surface area contributed by atoms with Crippen LogP contribution in [0.1, 0.15) is 11.1 Å². The smallest absolute Gasteiger partial charge is 0.267 e. The summed E-state index contributed by atoms with van der Waals surface area (Å²) < 4.78 is 26.7. The lowest BCUT2D eigenvalue weighted by molar-refractivity contribution is 0.627. The van der Waals surface area contributed by atoms with Crippen LogP contribution < -0.4 is 5.56 Å². The summed E-state index contributed by atoms with van der Waals surface area (Å²) in [5, 5.41) is 10.6. The third-order valence-electron chi connectivity index (χ3n) is 3.45. The summed E-state index contributed by atoms with van der Waals surface area (Å²) in [5.74, 6) is -0.555. The van der Waals surface area contributed by atoms with Gasteiger partial charge in [0.2, 0.25) is 0 Å². The van der Waals surface area contributed by atoms with Crippen LogP contribution in [0.3, 0.4) is 0 Å². The normalized spacial score (nSPS) is 10.8. The fourth-order valence-corrected chi connectivity index (χ4v) is 3.65. The maximum Gasteiger partial charge on any atom is 0.267 e. The minimum atomic E-state index is -0.538. The summed E-state index contributed by atoms with van der Waals surface area (Å²) in [6.07, 6.45) is 0. The summed E-state index contributed by atoms with van der Waals surface area (Å²) in [7, 11) is 0. The number of fused-ring (bicyclic) bond motifs is 1. The Bertz CT molecular complexity index is 1040. The fraction of sp³-hybridized carbons (Fsp3) is 0.0588. The van der Waals surface area contributed by atoms with Gasteiger partial charge in [0, 0.05) is 21.5 Å². The molecule has 1 aromatic heterocycles. The van der Waals surface area contributed by atoms with Crippen LogP contribution >= 0.6 is 23.4 Å². The number of hydrogen-bond donors (Lipinski definition) is 1. The summed E-state index contributed by atoms with van der Waals surface area (Å²) in [6, 6.07) is 9.76. The highest BCUT2D eigenvalue weighted by Crippen LogP contribution is 2.31. The molecule has 7 heteroatoms.